The molecular weight excluding hydrogens is 1110 g/mol. The van der Waals surface area contributed by atoms with Crippen molar-refractivity contribution in [2.75, 3.05) is 32.9 Å². The van der Waals surface area contributed by atoms with Gasteiger partial charge in [0, 0.05) is 22.6 Å². The lowest BCUT2D eigenvalue weighted by atomic mass is 9.78. The Hall–Kier alpha value is -7.58. The molecule has 0 fully saturated rings. The van der Waals surface area contributed by atoms with Gasteiger partial charge >= 0.3 is 28.5 Å². The van der Waals surface area contributed by atoms with Gasteiger partial charge in [-0.2, -0.15) is 0 Å². The van der Waals surface area contributed by atoms with Gasteiger partial charge in [0.15, 0.2) is 0 Å². The highest BCUT2D eigenvalue weighted by Crippen LogP contribution is 2.27. The van der Waals surface area contributed by atoms with Crippen molar-refractivity contribution in [3.05, 3.63) is 198 Å². The van der Waals surface area contributed by atoms with Crippen molar-refractivity contribution >= 4 is 103 Å². The monoisotopic (exact) mass is 1170 g/mol. The van der Waals surface area contributed by atoms with Crippen LogP contribution in [0, 0.1) is 20.8 Å². The first-order valence-electron chi connectivity index (χ1n) is 24.4. The van der Waals surface area contributed by atoms with E-state index < -0.39 is 64.5 Å². The van der Waals surface area contributed by atoms with Gasteiger partial charge in [0.2, 0.25) is 36.0 Å². The van der Waals surface area contributed by atoms with E-state index in [1.165, 1.54) is 0 Å². The second-order valence-corrected chi connectivity index (χ2v) is 23.9. The van der Waals surface area contributed by atoms with E-state index in [4.69, 9.17) is 15.8 Å². The van der Waals surface area contributed by atoms with Crippen molar-refractivity contribution in [2.45, 2.75) is 28.2 Å². The molecule has 428 valence electrons. The molecule has 0 saturated heterocycles. The maximum Gasteiger partial charge on any atom is 0.488 e. The van der Waals surface area contributed by atoms with Gasteiger partial charge in [-0.1, -0.05) is 140 Å². The van der Waals surface area contributed by atoms with E-state index in [2.05, 4.69) is 14.2 Å². The van der Waals surface area contributed by atoms with Crippen LogP contribution in [0.1, 0.15) is 34.5 Å². The van der Waals surface area contributed by atoms with Crippen molar-refractivity contribution in [3.63, 3.8) is 0 Å². The lowest BCUT2D eigenvalue weighted by Gasteiger charge is -2.10. The number of amides is 1. The number of carbonyl (C=O) groups excluding carboxylic acids is 1. The van der Waals surface area contributed by atoms with Crippen molar-refractivity contribution in [1.82, 2.24) is 0 Å². The molecule has 0 aromatic heterocycles. The van der Waals surface area contributed by atoms with E-state index in [-0.39, 0.29) is 7.43 Å². The number of rotatable bonds is 15. The summed E-state index contributed by atoms with van der Waals surface area (Å²) >= 11 is 0. The first-order chi connectivity index (χ1) is 37.8. The molecule has 0 bridgehead atoms. The van der Waals surface area contributed by atoms with Crippen LogP contribution in [0.5, 0.6) is 0 Å². The summed E-state index contributed by atoms with van der Waals surface area (Å²) in [5.41, 5.74) is 18.6. The van der Waals surface area contributed by atoms with Crippen molar-refractivity contribution < 1.29 is 70.2 Å². The van der Waals surface area contributed by atoms with E-state index in [9.17, 15) is 60.2 Å². The molecule has 0 saturated carbocycles. The van der Waals surface area contributed by atoms with E-state index >= 15 is 0 Å². The van der Waals surface area contributed by atoms with Crippen LogP contribution in [-0.4, -0.2) is 119 Å². The molecule has 0 unspecified atom stereocenters. The van der Waals surface area contributed by atoms with Gasteiger partial charge in [0.05, 0.1) is 18.8 Å². The molecule has 0 radical (unpaired) electrons. The van der Waals surface area contributed by atoms with E-state index in [1.54, 1.807) is 152 Å². The van der Waals surface area contributed by atoms with Gasteiger partial charge in [-0.25, -0.2) is 25.3 Å². The van der Waals surface area contributed by atoms with Crippen LogP contribution in [0.15, 0.2) is 176 Å². The molecule has 1 amide bonds. The Morgan fingerprint density at radius 2 is 0.707 bits per heavy atom. The van der Waals surface area contributed by atoms with Gasteiger partial charge in [0.25, 0.3) is 0 Å². The molecule has 8 aromatic rings. The molecule has 13 N–H and O–H groups in total. The predicted molar refractivity (Wildman–Crippen MR) is 332 cm³/mol. The first-order valence-corrected chi connectivity index (χ1v) is 30.0. The average Bonchev–Trinajstić information content (AvgIpc) is 3.51. The fraction of sp³-hybridized carbons (Fsp3) is 0.125. The van der Waals surface area contributed by atoms with E-state index in [0.29, 0.717) is 44.5 Å². The van der Waals surface area contributed by atoms with Crippen LogP contribution in [-0.2, 0) is 30.1 Å². The Bertz CT molecular complexity index is 3790. The summed E-state index contributed by atoms with van der Waals surface area (Å²) in [7, 11) is -15.9. The number of hydrogen-bond donors (Lipinski definition) is 12. The van der Waals surface area contributed by atoms with Gasteiger partial charge in [-0.05, 0) is 147 Å². The Balaban J connectivity index is 0.000000234. The second-order valence-electron chi connectivity index (χ2n) is 18.7. The third-order valence-corrected chi connectivity index (χ3v) is 13.5. The molecule has 19 nitrogen and oxygen atoms in total. The summed E-state index contributed by atoms with van der Waals surface area (Å²) in [5, 5.41) is 73.7. The van der Waals surface area contributed by atoms with Crippen LogP contribution >= 0.6 is 0 Å². The number of aryl methyl sites for hydroxylation is 3. The van der Waals surface area contributed by atoms with Crippen molar-refractivity contribution in [3.8, 4) is 44.5 Å². The van der Waals surface area contributed by atoms with Crippen molar-refractivity contribution in [1.29, 1.82) is 0 Å². The molecule has 0 aliphatic rings. The maximum atomic E-state index is 11.2. The minimum Gasteiger partial charge on any atom is -0.423 e. The van der Waals surface area contributed by atoms with Gasteiger partial charge < -0.3 is 45.9 Å². The largest absolute Gasteiger partial charge is 0.488 e. The molecular formula is C56H64B4N4O15S3. The highest BCUT2D eigenvalue weighted by Gasteiger charge is 2.17. The highest BCUT2D eigenvalue weighted by atomic mass is 32.2. The summed E-state index contributed by atoms with van der Waals surface area (Å²) < 4.78 is 74.0. The summed E-state index contributed by atoms with van der Waals surface area (Å²) in [6.07, 6.45) is 3.28. The second kappa shape index (κ2) is 29.4. The lowest BCUT2D eigenvalue weighted by Crippen LogP contribution is -2.30. The summed E-state index contributed by atoms with van der Waals surface area (Å²) in [5.74, 6) is -0.470. The number of nitrogens with one attached hydrogen (secondary N) is 3. The molecule has 0 atom stereocenters. The third kappa shape index (κ3) is 21.4. The van der Waals surface area contributed by atoms with Crippen LogP contribution < -0.4 is 41.8 Å². The van der Waals surface area contributed by atoms with E-state index in [1.807, 2.05) is 45.0 Å². The Morgan fingerprint density at radius 3 is 1.06 bits per heavy atom. The number of anilines is 3. The predicted octanol–water partition coefficient (Wildman–Crippen LogP) is 2.91. The SMILES string of the molecule is C.CS(=O)(=O)Nc1ccc(-c2cccc(B(O)O)c2)cc1.Cc1cc(B(O)O)cc(-c2ccc(NS(C)(=O)=O)cc2)c1.Cc1ccc(B(O)O)cc1-c1ccc(C(N)=O)cc1.Cc1ccc(B(O)O)cc1-c1ccc(NS(C)(=O)=O)cc1. The van der Waals surface area contributed by atoms with Gasteiger partial charge in [-0.15, -0.1) is 0 Å². The summed E-state index contributed by atoms with van der Waals surface area (Å²) in [6.45, 7) is 5.73. The van der Waals surface area contributed by atoms with Gasteiger partial charge in [0.1, 0.15) is 0 Å². The highest BCUT2D eigenvalue weighted by molar-refractivity contribution is 7.92. The summed E-state index contributed by atoms with van der Waals surface area (Å²) in [4.78, 5) is 11.0. The number of primary amides is 1. The zero-order valence-corrected chi connectivity index (χ0v) is 47.2. The zero-order valence-electron chi connectivity index (χ0n) is 44.8. The minimum atomic E-state index is -3.30. The van der Waals surface area contributed by atoms with Crippen molar-refractivity contribution in [2.24, 2.45) is 5.73 Å². The Morgan fingerprint density at radius 1 is 0.378 bits per heavy atom. The Kier molecular flexibility index (Phi) is 24.0. The van der Waals surface area contributed by atoms with Crippen LogP contribution in [0.25, 0.3) is 44.5 Å². The molecule has 26 heteroatoms. The fourth-order valence-corrected chi connectivity index (χ4v) is 9.56. The number of benzene rings is 8. The van der Waals surface area contributed by atoms with Crippen LogP contribution in [0.3, 0.4) is 0 Å². The molecule has 0 heterocycles. The normalized spacial score (nSPS) is 10.9. The van der Waals surface area contributed by atoms with E-state index in [0.717, 1.165) is 80.0 Å². The zero-order chi connectivity index (χ0) is 60.0. The molecule has 8 rings (SSSR count). The first kappa shape index (κ1) is 66.9. The molecule has 8 aromatic carbocycles. The molecule has 82 heavy (non-hydrogen) atoms. The smallest absolute Gasteiger partial charge is 0.423 e. The lowest BCUT2D eigenvalue weighted by molar-refractivity contribution is 0.1000. The quantitative estimate of drug-likeness (QED) is 0.0657. The standard InChI is InChI=1S/2C14H16BNO4S.C14H14BNO3.C13H14BNO4S.CH4/c1-10-3-6-12(15(17)18)9-14(10)11-4-7-13(8-5-11)16-21(2,19)20;1-10-7-12(9-13(8-10)15(17)18)11-3-5-14(6-4-11)16-21(2,19)20;1-9-2-7-12(15(18)19)8-13(9)10-3-5-11(6-4-10)14(16)17;1-20(18,19)15-13-7-5-10(6-8-13)11-3-2-4-12(9-11)14(16)17;/h2*3-9,16-18H,1-2H3;2-8,18-19H,1H3,(H2,16,17);2-9,15-17H,1H3;1H4. The number of hydrogen-bond acceptors (Lipinski definition) is 15. The maximum absolute atomic E-state index is 11.2. The molecule has 0 aliphatic heterocycles. The third-order valence-electron chi connectivity index (χ3n) is 11.7. The topological polar surface area (TPSA) is 343 Å². The van der Waals surface area contributed by atoms with Gasteiger partial charge in [-0.3, -0.25) is 19.0 Å². The number of sulfonamides is 3. The minimum absolute atomic E-state index is 0. The molecule has 0 spiro atoms. The van der Waals surface area contributed by atoms with Crippen LogP contribution in [0.2, 0.25) is 0 Å². The fourth-order valence-electron chi connectivity index (χ4n) is 7.87. The van der Waals surface area contributed by atoms with Crippen LogP contribution in [0.4, 0.5) is 17.1 Å². The summed E-state index contributed by atoms with van der Waals surface area (Å²) in [6, 6.07) is 50.0. The molecule has 0 aliphatic carbocycles. The number of nitrogens with two attached hydrogens (primary N) is 1. The Labute approximate surface area is 480 Å². The average molecular weight is 1170 g/mol. The number of carbonyl (C=O) groups is 1.